The van der Waals surface area contributed by atoms with Gasteiger partial charge in [-0.1, -0.05) is 44.5 Å². The minimum atomic E-state index is -0.314. The Morgan fingerprint density at radius 2 is 1.81 bits per heavy atom. The van der Waals surface area contributed by atoms with Crippen molar-refractivity contribution in [1.29, 1.82) is 0 Å². The number of para-hydroxylation sites is 1. The van der Waals surface area contributed by atoms with Crippen molar-refractivity contribution in [3.63, 3.8) is 0 Å². The van der Waals surface area contributed by atoms with Crippen LogP contribution >= 0.6 is 0 Å². The molecule has 0 aliphatic rings. The first-order chi connectivity index (χ1) is 12.7. The van der Waals surface area contributed by atoms with Crippen LogP contribution < -0.4 is 14.9 Å². The number of nitrogens with one attached hydrogen (secondary N) is 1. The van der Waals surface area contributed by atoms with Crippen molar-refractivity contribution in [2.24, 2.45) is 5.10 Å². The van der Waals surface area contributed by atoms with E-state index in [4.69, 9.17) is 9.47 Å². The number of amides is 1. The van der Waals surface area contributed by atoms with E-state index in [2.05, 4.69) is 17.5 Å². The smallest absolute Gasteiger partial charge is 0.277 e. The van der Waals surface area contributed by atoms with Crippen LogP contribution in [-0.2, 0) is 11.2 Å². The summed E-state index contributed by atoms with van der Waals surface area (Å²) in [5.41, 5.74) is 4.54. The first-order valence-electron chi connectivity index (χ1n) is 8.98. The second-order valence-electron chi connectivity index (χ2n) is 5.86. The number of carbonyl (C=O) groups excluding carboxylic acids is 1. The summed E-state index contributed by atoms with van der Waals surface area (Å²) >= 11 is 0. The van der Waals surface area contributed by atoms with Crippen molar-refractivity contribution in [3.05, 3.63) is 59.7 Å². The molecule has 0 unspecified atom stereocenters. The van der Waals surface area contributed by atoms with E-state index in [-0.39, 0.29) is 12.5 Å². The molecule has 0 aromatic heterocycles. The molecule has 1 amide bonds. The van der Waals surface area contributed by atoms with Gasteiger partial charge in [-0.15, -0.1) is 0 Å². The zero-order chi connectivity index (χ0) is 18.6. The number of benzene rings is 2. The molecule has 5 heteroatoms. The maximum absolute atomic E-state index is 11.9. The first kappa shape index (κ1) is 19.5. The van der Waals surface area contributed by atoms with Crippen LogP contribution in [0.4, 0.5) is 0 Å². The summed E-state index contributed by atoms with van der Waals surface area (Å²) in [7, 11) is 0. The topological polar surface area (TPSA) is 59.9 Å². The third kappa shape index (κ3) is 6.59. The second kappa shape index (κ2) is 10.9. The summed E-state index contributed by atoms with van der Waals surface area (Å²) in [6.07, 6.45) is 4.65. The average molecular weight is 354 g/mol. The highest BCUT2D eigenvalue weighted by Gasteiger charge is 2.03. The Hall–Kier alpha value is -2.82. The normalized spacial score (nSPS) is 10.7. The van der Waals surface area contributed by atoms with E-state index in [1.165, 1.54) is 5.56 Å². The molecule has 26 heavy (non-hydrogen) atoms. The van der Waals surface area contributed by atoms with Gasteiger partial charge in [-0.05, 0) is 42.7 Å². The van der Waals surface area contributed by atoms with E-state index in [9.17, 15) is 4.79 Å². The van der Waals surface area contributed by atoms with E-state index in [0.29, 0.717) is 12.4 Å². The molecule has 0 radical (unpaired) electrons. The van der Waals surface area contributed by atoms with Gasteiger partial charge in [-0.2, -0.15) is 5.10 Å². The molecule has 0 atom stereocenters. The van der Waals surface area contributed by atoms with Crippen LogP contribution in [0, 0.1) is 0 Å². The van der Waals surface area contributed by atoms with Crippen LogP contribution in [0.25, 0.3) is 0 Å². The van der Waals surface area contributed by atoms with Gasteiger partial charge in [-0.3, -0.25) is 4.79 Å². The fraction of sp³-hybridized carbons (Fsp3) is 0.333. The predicted octanol–water partition coefficient (Wildman–Crippen LogP) is 3.96. The van der Waals surface area contributed by atoms with Gasteiger partial charge in [0.05, 0.1) is 12.8 Å². The lowest BCUT2D eigenvalue weighted by atomic mass is 10.1. The van der Waals surface area contributed by atoms with E-state index in [1.54, 1.807) is 6.21 Å². The lowest BCUT2D eigenvalue weighted by molar-refractivity contribution is -0.123. The monoisotopic (exact) mass is 354 g/mol. The van der Waals surface area contributed by atoms with Crippen LogP contribution in [0.2, 0.25) is 0 Å². The number of rotatable bonds is 10. The predicted molar refractivity (Wildman–Crippen MR) is 104 cm³/mol. The Morgan fingerprint density at radius 3 is 2.54 bits per heavy atom. The van der Waals surface area contributed by atoms with Crippen molar-refractivity contribution < 1.29 is 14.3 Å². The summed E-state index contributed by atoms with van der Waals surface area (Å²) in [5.74, 6) is 1.10. The number of ether oxygens (including phenoxy) is 2. The molecule has 0 saturated heterocycles. The van der Waals surface area contributed by atoms with E-state index >= 15 is 0 Å². The fourth-order valence-electron chi connectivity index (χ4n) is 2.33. The van der Waals surface area contributed by atoms with Crippen LogP contribution in [0.5, 0.6) is 11.5 Å². The Morgan fingerprint density at radius 1 is 1.04 bits per heavy atom. The van der Waals surface area contributed by atoms with Crippen molar-refractivity contribution >= 4 is 12.1 Å². The quantitative estimate of drug-likeness (QED) is 0.519. The Kier molecular flexibility index (Phi) is 8.19. The Balaban J connectivity index is 1.80. The number of hydrogen-bond acceptors (Lipinski definition) is 4. The zero-order valence-corrected chi connectivity index (χ0v) is 15.4. The third-order valence-corrected chi connectivity index (χ3v) is 3.61. The van der Waals surface area contributed by atoms with Crippen LogP contribution in [0.1, 0.15) is 37.8 Å². The lowest BCUT2D eigenvalue weighted by Crippen LogP contribution is -2.24. The van der Waals surface area contributed by atoms with Crippen LogP contribution in [0.15, 0.2) is 53.6 Å². The first-order valence-corrected chi connectivity index (χ1v) is 8.98. The van der Waals surface area contributed by atoms with Crippen molar-refractivity contribution in [3.8, 4) is 11.5 Å². The number of carbonyl (C=O) groups is 1. The minimum Gasteiger partial charge on any atom is -0.493 e. The molecule has 0 fully saturated rings. The molecular formula is C21H26N2O3. The van der Waals surface area contributed by atoms with Gasteiger partial charge in [0.15, 0.2) is 6.61 Å². The van der Waals surface area contributed by atoms with Gasteiger partial charge in [0.2, 0.25) is 0 Å². The molecule has 138 valence electrons. The molecule has 0 aliphatic carbocycles. The number of hydrazone groups is 1. The maximum atomic E-state index is 11.9. The molecule has 2 aromatic rings. The lowest BCUT2D eigenvalue weighted by Gasteiger charge is -2.07. The largest absolute Gasteiger partial charge is 0.493 e. The molecule has 2 aromatic carbocycles. The molecule has 0 spiro atoms. The van der Waals surface area contributed by atoms with E-state index in [0.717, 1.165) is 30.6 Å². The number of nitrogens with zero attached hydrogens (tertiary/aromatic N) is 1. The van der Waals surface area contributed by atoms with Gasteiger partial charge >= 0.3 is 0 Å². The molecule has 0 saturated carbocycles. The fourth-order valence-corrected chi connectivity index (χ4v) is 2.33. The minimum absolute atomic E-state index is 0.0849. The van der Waals surface area contributed by atoms with Gasteiger partial charge < -0.3 is 9.47 Å². The van der Waals surface area contributed by atoms with Gasteiger partial charge in [-0.25, -0.2) is 5.43 Å². The molecule has 0 bridgehead atoms. The molecular weight excluding hydrogens is 328 g/mol. The summed E-state index contributed by atoms with van der Waals surface area (Å²) in [5, 5.41) is 3.98. The number of aryl methyl sites for hydroxylation is 1. The highest BCUT2D eigenvalue weighted by atomic mass is 16.5. The average Bonchev–Trinajstić information content (AvgIpc) is 2.67. The van der Waals surface area contributed by atoms with E-state index in [1.807, 2.05) is 55.5 Å². The molecule has 5 nitrogen and oxygen atoms in total. The second-order valence-corrected chi connectivity index (χ2v) is 5.86. The van der Waals surface area contributed by atoms with E-state index < -0.39 is 0 Å². The summed E-state index contributed by atoms with van der Waals surface area (Å²) in [6, 6.07) is 15.4. The molecule has 0 heterocycles. The Labute approximate surface area is 155 Å². The third-order valence-electron chi connectivity index (χ3n) is 3.61. The maximum Gasteiger partial charge on any atom is 0.277 e. The van der Waals surface area contributed by atoms with Crippen molar-refractivity contribution in [2.75, 3.05) is 13.2 Å². The summed E-state index contributed by atoms with van der Waals surface area (Å²) < 4.78 is 11.1. The molecule has 0 aliphatic heterocycles. The molecule has 1 N–H and O–H groups in total. The SMILES string of the molecule is CCCOc1ccccc1/C=N\NC(=O)COc1ccc(CCC)cc1. The highest BCUT2D eigenvalue weighted by molar-refractivity contribution is 5.85. The molecule has 2 rings (SSSR count). The zero-order valence-electron chi connectivity index (χ0n) is 15.4. The van der Waals surface area contributed by atoms with Gasteiger partial charge in [0, 0.05) is 5.56 Å². The Bertz CT molecular complexity index is 711. The van der Waals surface area contributed by atoms with Gasteiger partial charge in [0.1, 0.15) is 11.5 Å². The van der Waals surface area contributed by atoms with Crippen LogP contribution in [-0.4, -0.2) is 25.3 Å². The van der Waals surface area contributed by atoms with Crippen molar-refractivity contribution in [1.82, 2.24) is 5.43 Å². The van der Waals surface area contributed by atoms with Crippen molar-refractivity contribution in [2.45, 2.75) is 33.1 Å². The number of hydrogen-bond donors (Lipinski definition) is 1. The summed E-state index contributed by atoms with van der Waals surface area (Å²) in [4.78, 5) is 11.9. The highest BCUT2D eigenvalue weighted by Crippen LogP contribution is 2.16. The van der Waals surface area contributed by atoms with Crippen LogP contribution in [0.3, 0.4) is 0 Å². The summed E-state index contributed by atoms with van der Waals surface area (Å²) in [6.45, 7) is 4.75. The van der Waals surface area contributed by atoms with Gasteiger partial charge in [0.25, 0.3) is 5.91 Å². The standard InChI is InChI=1S/C21H26N2O3/c1-3-7-17-10-12-19(13-11-17)26-16-21(24)23-22-15-18-8-5-6-9-20(18)25-14-4-2/h5-6,8-13,15H,3-4,7,14,16H2,1-2H3,(H,23,24)/b22-15-.